The van der Waals surface area contributed by atoms with Gasteiger partial charge in [0.1, 0.15) is 12.4 Å². The summed E-state index contributed by atoms with van der Waals surface area (Å²) in [5, 5.41) is 11.2. The van der Waals surface area contributed by atoms with Crippen LogP contribution in [0.15, 0.2) is 54.6 Å². The van der Waals surface area contributed by atoms with Crippen LogP contribution >= 0.6 is 0 Å². The SMILES string of the molecule is COc1cccc([C@H](CC(=O)N2C(=O)OC[C@@H]2Cc2ccccc2)C[N+](=O)[O-])c1. The molecule has 152 valence electrons. The molecule has 0 radical (unpaired) electrons. The van der Waals surface area contributed by atoms with E-state index in [2.05, 4.69) is 0 Å². The molecule has 1 saturated heterocycles. The maximum atomic E-state index is 12.9. The number of imide groups is 1. The van der Waals surface area contributed by atoms with Crippen LogP contribution in [0.4, 0.5) is 4.79 Å². The number of carbonyl (C=O) groups is 2. The number of methoxy groups -OCH3 is 1. The summed E-state index contributed by atoms with van der Waals surface area (Å²) in [5.74, 6) is -0.618. The molecular weight excluding hydrogens is 376 g/mol. The molecule has 1 aliphatic rings. The van der Waals surface area contributed by atoms with Crippen LogP contribution in [0.25, 0.3) is 0 Å². The molecule has 1 heterocycles. The van der Waals surface area contributed by atoms with Crippen LogP contribution in [0.3, 0.4) is 0 Å². The first-order valence-electron chi connectivity index (χ1n) is 9.26. The Bertz CT molecular complexity index is 886. The third-order valence-electron chi connectivity index (χ3n) is 4.90. The molecule has 1 fully saturated rings. The minimum Gasteiger partial charge on any atom is -0.497 e. The van der Waals surface area contributed by atoms with E-state index >= 15 is 0 Å². The Morgan fingerprint density at radius 3 is 2.72 bits per heavy atom. The molecule has 8 heteroatoms. The molecule has 0 N–H and O–H groups in total. The van der Waals surface area contributed by atoms with Gasteiger partial charge in [0.15, 0.2) is 0 Å². The zero-order chi connectivity index (χ0) is 20.8. The highest BCUT2D eigenvalue weighted by atomic mass is 16.6. The molecule has 2 aromatic carbocycles. The van der Waals surface area contributed by atoms with Crippen molar-refractivity contribution in [1.82, 2.24) is 4.90 Å². The number of carbonyl (C=O) groups excluding carboxylic acids is 2. The van der Waals surface area contributed by atoms with Crippen LogP contribution in [0.1, 0.15) is 23.5 Å². The molecule has 29 heavy (non-hydrogen) atoms. The predicted octanol–water partition coefficient (Wildman–Crippen LogP) is 3.04. The van der Waals surface area contributed by atoms with E-state index in [1.165, 1.54) is 7.11 Å². The summed E-state index contributed by atoms with van der Waals surface area (Å²) in [4.78, 5) is 36.9. The maximum Gasteiger partial charge on any atom is 0.416 e. The Labute approximate surface area is 168 Å². The lowest BCUT2D eigenvalue weighted by Crippen LogP contribution is -2.41. The third kappa shape index (κ3) is 5.10. The number of benzene rings is 2. The van der Waals surface area contributed by atoms with Gasteiger partial charge in [-0.2, -0.15) is 0 Å². The van der Waals surface area contributed by atoms with Crippen molar-refractivity contribution in [2.24, 2.45) is 0 Å². The Balaban J connectivity index is 1.78. The number of hydrogen-bond donors (Lipinski definition) is 0. The number of nitrogens with zero attached hydrogens (tertiary/aromatic N) is 2. The second-order valence-electron chi connectivity index (χ2n) is 6.88. The van der Waals surface area contributed by atoms with E-state index in [0.29, 0.717) is 17.7 Å². The van der Waals surface area contributed by atoms with Crippen LogP contribution < -0.4 is 4.74 Å². The second kappa shape index (κ2) is 9.18. The van der Waals surface area contributed by atoms with Gasteiger partial charge < -0.3 is 9.47 Å². The summed E-state index contributed by atoms with van der Waals surface area (Å²) >= 11 is 0. The number of ether oxygens (including phenoxy) is 2. The Hall–Kier alpha value is -3.42. The molecule has 2 amide bonds. The lowest BCUT2D eigenvalue weighted by Gasteiger charge is -2.22. The van der Waals surface area contributed by atoms with E-state index in [1.807, 2.05) is 30.3 Å². The van der Waals surface area contributed by atoms with Crippen molar-refractivity contribution in [2.45, 2.75) is 24.8 Å². The number of hydrogen-bond acceptors (Lipinski definition) is 6. The van der Waals surface area contributed by atoms with E-state index in [4.69, 9.17) is 9.47 Å². The standard InChI is InChI=1S/C21H22N2O6/c1-28-19-9-5-8-16(11-19)17(13-22(26)27)12-20(24)23-18(14-29-21(23)25)10-15-6-3-2-4-7-15/h2-9,11,17-18H,10,12-14H2,1H3/t17-,18+/m1/s1. The lowest BCUT2D eigenvalue weighted by atomic mass is 9.94. The molecule has 0 aromatic heterocycles. The highest BCUT2D eigenvalue weighted by Gasteiger charge is 2.39. The van der Waals surface area contributed by atoms with E-state index in [1.54, 1.807) is 24.3 Å². The predicted molar refractivity (Wildman–Crippen MR) is 104 cm³/mol. The Kier molecular flexibility index (Phi) is 6.43. The van der Waals surface area contributed by atoms with Crippen molar-refractivity contribution < 1.29 is 24.0 Å². The third-order valence-corrected chi connectivity index (χ3v) is 4.90. The van der Waals surface area contributed by atoms with Gasteiger partial charge in [0.2, 0.25) is 12.5 Å². The number of nitro groups is 1. The van der Waals surface area contributed by atoms with Gasteiger partial charge in [-0.1, -0.05) is 42.5 Å². The lowest BCUT2D eigenvalue weighted by molar-refractivity contribution is -0.483. The summed E-state index contributed by atoms with van der Waals surface area (Å²) in [6.07, 6.45) is -0.409. The zero-order valence-electron chi connectivity index (χ0n) is 16.0. The quantitative estimate of drug-likeness (QED) is 0.501. The maximum absolute atomic E-state index is 12.9. The van der Waals surface area contributed by atoms with E-state index < -0.39 is 35.4 Å². The van der Waals surface area contributed by atoms with Crippen molar-refractivity contribution in [2.75, 3.05) is 20.3 Å². The molecule has 8 nitrogen and oxygen atoms in total. The molecule has 0 bridgehead atoms. The second-order valence-corrected chi connectivity index (χ2v) is 6.88. The van der Waals surface area contributed by atoms with Crippen molar-refractivity contribution in [3.8, 4) is 5.75 Å². The molecule has 0 unspecified atom stereocenters. The van der Waals surface area contributed by atoms with Gasteiger partial charge in [-0.15, -0.1) is 0 Å². The van der Waals surface area contributed by atoms with Gasteiger partial charge in [0.25, 0.3) is 0 Å². The summed E-state index contributed by atoms with van der Waals surface area (Å²) < 4.78 is 10.3. The van der Waals surface area contributed by atoms with E-state index in [0.717, 1.165) is 10.5 Å². The minimum atomic E-state index is -0.707. The van der Waals surface area contributed by atoms with Crippen LogP contribution in [0, 0.1) is 10.1 Å². The molecule has 2 atom stereocenters. The first-order chi connectivity index (χ1) is 14.0. The van der Waals surface area contributed by atoms with Crippen molar-refractivity contribution in [1.29, 1.82) is 0 Å². The molecule has 0 saturated carbocycles. The summed E-state index contributed by atoms with van der Waals surface area (Å²) in [6, 6.07) is 15.9. The fraction of sp³-hybridized carbons (Fsp3) is 0.333. The highest BCUT2D eigenvalue weighted by molar-refractivity contribution is 5.94. The molecule has 0 spiro atoms. The van der Waals surface area contributed by atoms with Gasteiger partial charge in [-0.3, -0.25) is 14.9 Å². The fourth-order valence-corrected chi connectivity index (χ4v) is 3.47. The monoisotopic (exact) mass is 398 g/mol. The normalized spacial score (nSPS) is 16.9. The van der Waals surface area contributed by atoms with Gasteiger partial charge in [-0.25, -0.2) is 9.69 Å². The van der Waals surface area contributed by atoms with Crippen LogP contribution in [-0.4, -0.2) is 48.1 Å². The zero-order valence-corrected chi connectivity index (χ0v) is 16.0. The summed E-state index contributed by atoms with van der Waals surface area (Å²) in [5.41, 5.74) is 1.59. The van der Waals surface area contributed by atoms with Gasteiger partial charge in [0.05, 0.1) is 19.1 Å². The van der Waals surface area contributed by atoms with Crippen LogP contribution in [-0.2, 0) is 16.0 Å². The largest absolute Gasteiger partial charge is 0.497 e. The molecule has 3 rings (SSSR count). The number of amides is 2. The van der Waals surface area contributed by atoms with Gasteiger partial charge >= 0.3 is 6.09 Å². The summed E-state index contributed by atoms with van der Waals surface area (Å²) in [6.45, 7) is -0.316. The van der Waals surface area contributed by atoms with Crippen molar-refractivity contribution in [3.05, 3.63) is 75.8 Å². The first-order valence-corrected chi connectivity index (χ1v) is 9.26. The molecule has 1 aliphatic heterocycles. The molecule has 2 aromatic rings. The number of rotatable bonds is 8. The Morgan fingerprint density at radius 1 is 1.28 bits per heavy atom. The Morgan fingerprint density at radius 2 is 2.03 bits per heavy atom. The van der Waals surface area contributed by atoms with Crippen LogP contribution in [0.5, 0.6) is 5.75 Å². The smallest absolute Gasteiger partial charge is 0.416 e. The van der Waals surface area contributed by atoms with E-state index in [9.17, 15) is 19.7 Å². The van der Waals surface area contributed by atoms with Gasteiger partial charge in [0, 0.05) is 11.3 Å². The first kappa shape index (κ1) is 20.3. The highest BCUT2D eigenvalue weighted by Crippen LogP contribution is 2.27. The fourth-order valence-electron chi connectivity index (χ4n) is 3.47. The van der Waals surface area contributed by atoms with Crippen molar-refractivity contribution >= 4 is 12.0 Å². The average Bonchev–Trinajstić information content (AvgIpc) is 3.08. The molecular formula is C21H22N2O6. The number of cyclic esters (lactones) is 1. The van der Waals surface area contributed by atoms with Crippen LogP contribution in [0.2, 0.25) is 0 Å². The summed E-state index contributed by atoms with van der Waals surface area (Å²) in [7, 11) is 1.50. The van der Waals surface area contributed by atoms with Gasteiger partial charge in [-0.05, 0) is 29.7 Å². The average molecular weight is 398 g/mol. The van der Waals surface area contributed by atoms with Crippen molar-refractivity contribution in [3.63, 3.8) is 0 Å². The molecule has 0 aliphatic carbocycles. The topological polar surface area (TPSA) is 99.0 Å². The minimum absolute atomic E-state index is 0.110. The van der Waals surface area contributed by atoms with E-state index in [-0.39, 0.29) is 13.0 Å².